The van der Waals surface area contributed by atoms with Crippen molar-refractivity contribution in [3.8, 4) is 11.5 Å². The van der Waals surface area contributed by atoms with Gasteiger partial charge in [0.15, 0.2) is 0 Å². The number of aliphatic hydroxyl groups excluding tert-OH is 1. The largest absolute Gasteiger partial charge is 0.507 e. The van der Waals surface area contributed by atoms with Crippen LogP contribution < -0.4 is 9.47 Å². The standard InChI is InChI=1S/C35H40N2O6/c1-3-20-42-29-12-8-27(9-13-29)32-31(34(39)35(40)37(32)17-5-16-36-18-21-41-22-19-36)33(38)28-10-14-30(15-11-28)43-24-26-7-4-6-25(2)23-26/h4,6-15,23,32,38H,3,5,16-22,24H2,1-2H3. The highest BCUT2D eigenvalue weighted by Gasteiger charge is 2.45. The van der Waals surface area contributed by atoms with Crippen molar-refractivity contribution >= 4 is 17.4 Å². The molecule has 1 N–H and O–H groups in total. The number of likely N-dealkylation sites (tertiary alicyclic amines) is 1. The first-order chi connectivity index (χ1) is 20.9. The second-order valence-corrected chi connectivity index (χ2v) is 11.0. The summed E-state index contributed by atoms with van der Waals surface area (Å²) in [6.07, 6.45) is 1.59. The van der Waals surface area contributed by atoms with Crippen molar-refractivity contribution in [3.05, 3.63) is 101 Å². The minimum atomic E-state index is -0.706. The number of morpholine rings is 1. The molecule has 1 amide bonds. The van der Waals surface area contributed by atoms with E-state index < -0.39 is 17.7 Å². The summed E-state index contributed by atoms with van der Waals surface area (Å²) < 4.78 is 17.1. The number of hydrogen-bond donors (Lipinski definition) is 1. The summed E-state index contributed by atoms with van der Waals surface area (Å²) in [4.78, 5) is 30.7. The number of carbonyl (C=O) groups excluding carboxylic acids is 2. The Balaban J connectivity index is 1.39. The maximum Gasteiger partial charge on any atom is 0.295 e. The Morgan fingerprint density at radius 1 is 0.930 bits per heavy atom. The van der Waals surface area contributed by atoms with Gasteiger partial charge in [0.25, 0.3) is 11.7 Å². The van der Waals surface area contributed by atoms with E-state index in [1.165, 1.54) is 0 Å². The van der Waals surface area contributed by atoms with Crippen LogP contribution >= 0.6 is 0 Å². The van der Waals surface area contributed by atoms with E-state index in [0.717, 1.165) is 48.5 Å². The molecular weight excluding hydrogens is 544 g/mol. The normalized spacial score (nSPS) is 18.7. The van der Waals surface area contributed by atoms with Crippen LogP contribution in [-0.2, 0) is 20.9 Å². The van der Waals surface area contributed by atoms with Crippen LogP contribution in [-0.4, -0.2) is 72.6 Å². The van der Waals surface area contributed by atoms with Crippen molar-refractivity contribution in [2.45, 2.75) is 39.3 Å². The Hall–Kier alpha value is -4.14. The topological polar surface area (TPSA) is 88.5 Å². The Bertz CT molecular complexity index is 1430. The molecule has 226 valence electrons. The van der Waals surface area contributed by atoms with Gasteiger partial charge in [-0.05, 0) is 67.3 Å². The molecule has 5 rings (SSSR count). The summed E-state index contributed by atoms with van der Waals surface area (Å²) >= 11 is 0. The molecule has 1 atom stereocenters. The number of aliphatic hydroxyl groups is 1. The second-order valence-electron chi connectivity index (χ2n) is 11.0. The summed E-state index contributed by atoms with van der Waals surface area (Å²) in [6, 6.07) is 21.8. The van der Waals surface area contributed by atoms with Crippen LogP contribution in [0.2, 0.25) is 0 Å². The first kappa shape index (κ1) is 30.3. The number of hydrogen-bond acceptors (Lipinski definition) is 7. The number of benzene rings is 3. The fourth-order valence-electron chi connectivity index (χ4n) is 5.55. The minimum absolute atomic E-state index is 0.0898. The molecular formula is C35H40N2O6. The number of amides is 1. The van der Waals surface area contributed by atoms with Crippen molar-refractivity contribution in [1.82, 2.24) is 9.80 Å². The van der Waals surface area contributed by atoms with Crippen molar-refractivity contribution in [1.29, 1.82) is 0 Å². The molecule has 8 nitrogen and oxygen atoms in total. The zero-order valence-corrected chi connectivity index (χ0v) is 25.0. The van der Waals surface area contributed by atoms with Crippen molar-refractivity contribution in [2.75, 3.05) is 46.0 Å². The number of ketones is 1. The molecule has 2 aliphatic heterocycles. The molecule has 3 aromatic carbocycles. The molecule has 2 aliphatic rings. The molecule has 0 aromatic heterocycles. The van der Waals surface area contributed by atoms with Crippen LogP contribution in [0.5, 0.6) is 11.5 Å². The zero-order chi connectivity index (χ0) is 30.2. The van der Waals surface area contributed by atoms with Gasteiger partial charge in [-0.1, -0.05) is 48.9 Å². The van der Waals surface area contributed by atoms with Gasteiger partial charge in [0, 0.05) is 31.7 Å². The van der Waals surface area contributed by atoms with E-state index in [0.29, 0.717) is 50.7 Å². The van der Waals surface area contributed by atoms with E-state index in [-0.39, 0.29) is 11.3 Å². The van der Waals surface area contributed by atoms with Crippen LogP contribution in [0, 0.1) is 6.92 Å². The van der Waals surface area contributed by atoms with Gasteiger partial charge in [0.1, 0.15) is 23.9 Å². The summed E-state index contributed by atoms with van der Waals surface area (Å²) in [6.45, 7) is 9.40. The number of carbonyl (C=O) groups is 2. The van der Waals surface area contributed by atoms with Crippen LogP contribution in [0.3, 0.4) is 0 Å². The second kappa shape index (κ2) is 14.4. The van der Waals surface area contributed by atoms with E-state index in [4.69, 9.17) is 14.2 Å². The van der Waals surface area contributed by atoms with Gasteiger partial charge in [-0.15, -0.1) is 0 Å². The molecule has 2 fully saturated rings. The van der Waals surface area contributed by atoms with E-state index >= 15 is 0 Å². The predicted octanol–water partition coefficient (Wildman–Crippen LogP) is 5.51. The molecule has 0 saturated carbocycles. The molecule has 0 spiro atoms. The third kappa shape index (κ3) is 7.45. The summed E-state index contributed by atoms with van der Waals surface area (Å²) in [5.74, 6) is -0.120. The monoisotopic (exact) mass is 584 g/mol. The van der Waals surface area contributed by atoms with Crippen molar-refractivity contribution in [2.24, 2.45) is 0 Å². The third-order valence-corrected chi connectivity index (χ3v) is 7.80. The lowest BCUT2D eigenvalue weighted by Gasteiger charge is -2.29. The molecule has 8 heteroatoms. The van der Waals surface area contributed by atoms with Gasteiger partial charge in [-0.3, -0.25) is 14.5 Å². The van der Waals surface area contributed by atoms with E-state index in [1.54, 1.807) is 29.2 Å². The number of nitrogens with zero attached hydrogens (tertiary/aromatic N) is 2. The quantitative estimate of drug-likeness (QED) is 0.171. The molecule has 2 heterocycles. The number of ether oxygens (including phenoxy) is 3. The number of Topliss-reactive ketones (excluding diaryl/α,β-unsaturated/α-hetero) is 1. The lowest BCUT2D eigenvalue weighted by Crippen LogP contribution is -2.38. The van der Waals surface area contributed by atoms with Crippen LogP contribution in [0.15, 0.2) is 78.4 Å². The SMILES string of the molecule is CCCOc1ccc(C2C(=C(O)c3ccc(OCc4cccc(C)c4)cc3)C(=O)C(=O)N2CCCN2CCOCC2)cc1. The first-order valence-electron chi connectivity index (χ1n) is 15.0. The number of aryl methyl sites for hydroxylation is 1. The van der Waals surface area contributed by atoms with E-state index in [1.807, 2.05) is 56.3 Å². The van der Waals surface area contributed by atoms with Gasteiger partial charge < -0.3 is 24.2 Å². The average Bonchev–Trinajstić information content (AvgIpc) is 3.28. The molecule has 1 unspecified atom stereocenters. The molecule has 0 bridgehead atoms. The summed E-state index contributed by atoms with van der Waals surface area (Å²) in [5.41, 5.74) is 3.51. The lowest BCUT2D eigenvalue weighted by atomic mass is 9.95. The van der Waals surface area contributed by atoms with E-state index in [2.05, 4.69) is 11.0 Å². The average molecular weight is 585 g/mol. The van der Waals surface area contributed by atoms with Gasteiger partial charge in [0.2, 0.25) is 0 Å². The zero-order valence-electron chi connectivity index (χ0n) is 25.0. The van der Waals surface area contributed by atoms with Gasteiger partial charge in [-0.2, -0.15) is 0 Å². The predicted molar refractivity (Wildman–Crippen MR) is 165 cm³/mol. The highest BCUT2D eigenvalue weighted by atomic mass is 16.5. The highest BCUT2D eigenvalue weighted by Crippen LogP contribution is 2.40. The Morgan fingerprint density at radius 3 is 2.33 bits per heavy atom. The summed E-state index contributed by atoms with van der Waals surface area (Å²) in [7, 11) is 0. The fourth-order valence-corrected chi connectivity index (χ4v) is 5.55. The van der Waals surface area contributed by atoms with Crippen LogP contribution in [0.25, 0.3) is 5.76 Å². The van der Waals surface area contributed by atoms with Crippen LogP contribution in [0.4, 0.5) is 0 Å². The molecule has 3 aromatic rings. The molecule has 43 heavy (non-hydrogen) atoms. The Labute approximate surface area is 253 Å². The number of rotatable bonds is 12. The van der Waals surface area contributed by atoms with Gasteiger partial charge in [-0.25, -0.2) is 0 Å². The minimum Gasteiger partial charge on any atom is -0.507 e. The highest BCUT2D eigenvalue weighted by molar-refractivity contribution is 6.46. The Kier molecular flexibility index (Phi) is 10.1. The maximum atomic E-state index is 13.5. The van der Waals surface area contributed by atoms with Crippen LogP contribution in [0.1, 0.15) is 48.1 Å². The Morgan fingerprint density at radius 2 is 1.63 bits per heavy atom. The van der Waals surface area contributed by atoms with Crippen molar-refractivity contribution in [3.63, 3.8) is 0 Å². The van der Waals surface area contributed by atoms with Gasteiger partial charge >= 0.3 is 0 Å². The first-order valence-corrected chi connectivity index (χ1v) is 15.0. The lowest BCUT2D eigenvalue weighted by molar-refractivity contribution is -0.140. The van der Waals surface area contributed by atoms with E-state index in [9.17, 15) is 14.7 Å². The molecule has 2 saturated heterocycles. The van der Waals surface area contributed by atoms with Gasteiger partial charge in [0.05, 0.1) is 31.4 Å². The maximum absolute atomic E-state index is 13.5. The summed E-state index contributed by atoms with van der Waals surface area (Å²) in [5, 5.41) is 11.5. The fraction of sp³-hybridized carbons (Fsp3) is 0.371. The van der Waals surface area contributed by atoms with Crippen molar-refractivity contribution < 1.29 is 28.9 Å². The smallest absolute Gasteiger partial charge is 0.295 e. The third-order valence-electron chi connectivity index (χ3n) is 7.80. The molecule has 0 aliphatic carbocycles. The molecule has 0 radical (unpaired) electrons.